The van der Waals surface area contributed by atoms with Gasteiger partial charge in [0.05, 0.1) is 24.8 Å². The smallest absolute Gasteiger partial charge is 0.362 e. The molecule has 128 valence electrons. The van der Waals surface area contributed by atoms with Crippen molar-refractivity contribution in [2.24, 2.45) is 7.05 Å². The van der Waals surface area contributed by atoms with Crippen LogP contribution >= 0.6 is 0 Å². The first-order valence-electron chi connectivity index (χ1n) is 6.67. The number of nitro groups is 1. The van der Waals surface area contributed by atoms with Gasteiger partial charge in [-0.25, -0.2) is 4.79 Å². The van der Waals surface area contributed by atoms with Crippen molar-refractivity contribution in [2.45, 2.75) is 6.92 Å². The Morgan fingerprint density at radius 1 is 1.50 bits per heavy atom. The third-order valence-electron chi connectivity index (χ3n) is 2.98. The van der Waals surface area contributed by atoms with E-state index in [4.69, 9.17) is 9.47 Å². The van der Waals surface area contributed by atoms with E-state index in [1.54, 1.807) is 6.92 Å². The number of aryl methyl sites for hydroxylation is 1. The predicted octanol–water partition coefficient (Wildman–Crippen LogP) is 0.489. The number of anilines is 1. The normalized spacial score (nSPS) is 10.3. The average molecular weight is 338 g/mol. The number of methoxy groups -OCH3 is 1. The second kappa shape index (κ2) is 6.76. The number of ether oxygens (including phenoxy) is 2. The van der Waals surface area contributed by atoms with E-state index < -0.39 is 28.2 Å². The maximum Gasteiger partial charge on any atom is 0.362 e. The Morgan fingerprint density at radius 3 is 2.79 bits per heavy atom. The van der Waals surface area contributed by atoms with Crippen LogP contribution in [0.3, 0.4) is 0 Å². The highest BCUT2D eigenvalue weighted by Gasteiger charge is 2.31. The fourth-order valence-electron chi connectivity index (χ4n) is 1.90. The lowest BCUT2D eigenvalue weighted by Gasteiger charge is -2.07. The quantitative estimate of drug-likeness (QED) is 0.438. The fraction of sp³-hybridized carbons (Fsp3) is 0.333. The van der Waals surface area contributed by atoms with Crippen LogP contribution < -0.4 is 10.1 Å². The van der Waals surface area contributed by atoms with E-state index in [2.05, 4.69) is 20.6 Å². The number of carbonyl (C=O) groups is 2. The number of nitrogens with one attached hydrogen (secondary N) is 2. The third kappa shape index (κ3) is 3.02. The van der Waals surface area contributed by atoms with Gasteiger partial charge in [0.25, 0.3) is 5.91 Å². The Hall–Kier alpha value is -3.44. The monoisotopic (exact) mass is 338 g/mol. The number of aromatic nitrogens is 4. The standard InChI is InChI=1S/C12H14N6O6/c1-4-24-12(20)6-5-13-17(2)9(6)14-10(19)7-8(18(21)22)11(23-3)16-15-7/h5H,4H2,1-3H3,(H,14,19)(H,15,16). The molecule has 0 unspecified atom stereocenters. The molecule has 0 aliphatic heterocycles. The van der Waals surface area contributed by atoms with Gasteiger partial charge in [0.1, 0.15) is 11.4 Å². The topological polar surface area (TPSA) is 154 Å². The van der Waals surface area contributed by atoms with Crippen molar-refractivity contribution in [3.63, 3.8) is 0 Å². The number of nitrogens with zero attached hydrogens (tertiary/aromatic N) is 4. The summed E-state index contributed by atoms with van der Waals surface area (Å²) >= 11 is 0. The number of rotatable bonds is 6. The lowest BCUT2D eigenvalue weighted by Crippen LogP contribution is -2.19. The van der Waals surface area contributed by atoms with Crippen LogP contribution in [0.4, 0.5) is 11.5 Å². The zero-order valence-electron chi connectivity index (χ0n) is 13.0. The molecule has 24 heavy (non-hydrogen) atoms. The summed E-state index contributed by atoms with van der Waals surface area (Å²) in [7, 11) is 2.67. The van der Waals surface area contributed by atoms with Gasteiger partial charge in [-0.3, -0.25) is 24.7 Å². The van der Waals surface area contributed by atoms with Gasteiger partial charge in [-0.1, -0.05) is 0 Å². The van der Waals surface area contributed by atoms with Crippen LogP contribution in [0.1, 0.15) is 27.8 Å². The van der Waals surface area contributed by atoms with Crippen LogP contribution in [0.25, 0.3) is 0 Å². The van der Waals surface area contributed by atoms with Crippen molar-refractivity contribution in [1.29, 1.82) is 0 Å². The minimum Gasteiger partial charge on any atom is -0.475 e. The molecule has 12 heteroatoms. The molecule has 0 radical (unpaired) electrons. The Morgan fingerprint density at radius 2 is 2.21 bits per heavy atom. The van der Waals surface area contributed by atoms with Gasteiger partial charge in [0.2, 0.25) is 5.69 Å². The van der Waals surface area contributed by atoms with Crippen molar-refractivity contribution >= 4 is 23.4 Å². The largest absolute Gasteiger partial charge is 0.475 e. The molecule has 0 spiro atoms. The summed E-state index contributed by atoms with van der Waals surface area (Å²) in [6.45, 7) is 1.77. The molecule has 0 saturated heterocycles. The van der Waals surface area contributed by atoms with Gasteiger partial charge < -0.3 is 14.8 Å². The SMILES string of the molecule is CCOC(=O)c1cnn(C)c1NC(=O)c1[nH]nc(OC)c1[N+](=O)[O-]. The number of H-pyrrole nitrogens is 1. The van der Waals surface area contributed by atoms with Crippen LogP contribution in [0.2, 0.25) is 0 Å². The third-order valence-corrected chi connectivity index (χ3v) is 2.98. The van der Waals surface area contributed by atoms with Gasteiger partial charge >= 0.3 is 17.5 Å². The van der Waals surface area contributed by atoms with Gasteiger partial charge in [0, 0.05) is 7.05 Å². The van der Waals surface area contributed by atoms with Crippen LogP contribution in [-0.2, 0) is 11.8 Å². The fourth-order valence-corrected chi connectivity index (χ4v) is 1.90. The molecule has 2 aromatic heterocycles. The lowest BCUT2D eigenvalue weighted by molar-refractivity contribution is -0.386. The highest BCUT2D eigenvalue weighted by atomic mass is 16.6. The lowest BCUT2D eigenvalue weighted by atomic mass is 10.3. The molecule has 2 rings (SSSR count). The summed E-state index contributed by atoms with van der Waals surface area (Å²) in [5.41, 5.74) is -1.02. The number of esters is 1. The zero-order valence-corrected chi connectivity index (χ0v) is 13.0. The number of hydrogen-bond donors (Lipinski definition) is 2. The number of aromatic amines is 1. The first kappa shape index (κ1) is 16.9. The molecule has 0 fully saturated rings. The number of amides is 1. The molecule has 2 heterocycles. The van der Waals surface area contributed by atoms with Crippen molar-refractivity contribution in [1.82, 2.24) is 20.0 Å². The molecular formula is C12H14N6O6. The van der Waals surface area contributed by atoms with Crippen molar-refractivity contribution in [3.8, 4) is 5.88 Å². The summed E-state index contributed by atoms with van der Waals surface area (Å²) in [5.74, 6) is -1.87. The molecule has 12 nitrogen and oxygen atoms in total. The summed E-state index contributed by atoms with van der Waals surface area (Å²) in [4.78, 5) is 34.5. The van der Waals surface area contributed by atoms with Gasteiger partial charge in [-0.15, -0.1) is 5.10 Å². The van der Waals surface area contributed by atoms with Gasteiger partial charge in [0.15, 0.2) is 0 Å². The van der Waals surface area contributed by atoms with E-state index in [0.717, 1.165) is 0 Å². The van der Waals surface area contributed by atoms with E-state index in [9.17, 15) is 19.7 Å². The summed E-state index contributed by atoms with van der Waals surface area (Å²) in [6.07, 6.45) is 1.22. The van der Waals surface area contributed by atoms with Gasteiger partial charge in [-0.2, -0.15) is 5.10 Å². The Bertz CT molecular complexity index is 794. The van der Waals surface area contributed by atoms with Crippen molar-refractivity contribution in [3.05, 3.63) is 27.6 Å². The molecule has 2 aromatic rings. The van der Waals surface area contributed by atoms with Crippen LogP contribution in [0, 0.1) is 10.1 Å². The summed E-state index contributed by atoms with van der Waals surface area (Å²) in [5, 5.41) is 23.1. The maximum atomic E-state index is 12.3. The molecule has 1 amide bonds. The highest BCUT2D eigenvalue weighted by Crippen LogP contribution is 2.28. The minimum atomic E-state index is -0.883. The van der Waals surface area contributed by atoms with E-state index in [1.165, 1.54) is 25.0 Å². The second-order valence-electron chi connectivity index (χ2n) is 4.42. The molecule has 0 bridgehead atoms. The van der Waals surface area contributed by atoms with E-state index in [-0.39, 0.29) is 23.9 Å². The van der Waals surface area contributed by atoms with Crippen LogP contribution in [0.15, 0.2) is 6.20 Å². The predicted molar refractivity (Wildman–Crippen MR) is 78.9 cm³/mol. The molecule has 0 aromatic carbocycles. The van der Waals surface area contributed by atoms with E-state index in [0.29, 0.717) is 0 Å². The Balaban J connectivity index is 2.35. The molecule has 2 N–H and O–H groups in total. The Kier molecular flexibility index (Phi) is 4.77. The van der Waals surface area contributed by atoms with E-state index in [1.807, 2.05) is 0 Å². The van der Waals surface area contributed by atoms with Crippen LogP contribution in [0.5, 0.6) is 5.88 Å². The van der Waals surface area contributed by atoms with E-state index >= 15 is 0 Å². The van der Waals surface area contributed by atoms with Crippen molar-refractivity contribution in [2.75, 3.05) is 19.0 Å². The first-order valence-corrected chi connectivity index (χ1v) is 6.67. The van der Waals surface area contributed by atoms with Gasteiger partial charge in [-0.05, 0) is 6.92 Å². The maximum absolute atomic E-state index is 12.3. The van der Waals surface area contributed by atoms with Crippen molar-refractivity contribution < 1.29 is 24.0 Å². The molecular weight excluding hydrogens is 324 g/mol. The molecule has 0 aliphatic carbocycles. The molecule has 0 atom stereocenters. The molecule has 0 saturated carbocycles. The number of carbonyl (C=O) groups excluding carboxylic acids is 2. The zero-order chi connectivity index (χ0) is 17.9. The summed E-state index contributed by atoms with van der Waals surface area (Å²) < 4.78 is 10.8. The second-order valence-corrected chi connectivity index (χ2v) is 4.42. The molecule has 0 aliphatic rings. The number of hydrogen-bond acceptors (Lipinski definition) is 8. The minimum absolute atomic E-state index is 0.0156. The Labute approximate surface area is 134 Å². The average Bonchev–Trinajstić information content (AvgIpc) is 3.12. The first-order chi connectivity index (χ1) is 11.4. The summed E-state index contributed by atoms with van der Waals surface area (Å²) in [6, 6.07) is 0. The highest BCUT2D eigenvalue weighted by molar-refractivity contribution is 6.08. The van der Waals surface area contributed by atoms with Crippen LogP contribution in [-0.4, -0.2) is 50.5 Å².